The Balaban J connectivity index is 1.94. The monoisotopic (exact) mass is 272 g/mol. The van der Waals surface area contributed by atoms with Crippen molar-refractivity contribution in [3.05, 3.63) is 35.4 Å². The van der Waals surface area contributed by atoms with Gasteiger partial charge in [0.15, 0.2) is 0 Å². The summed E-state index contributed by atoms with van der Waals surface area (Å²) < 4.78 is 0. The van der Waals surface area contributed by atoms with Crippen molar-refractivity contribution in [2.75, 3.05) is 20.1 Å². The van der Waals surface area contributed by atoms with Crippen molar-refractivity contribution in [2.24, 2.45) is 0 Å². The molecule has 0 saturated carbocycles. The number of amides is 2. The van der Waals surface area contributed by atoms with E-state index in [2.05, 4.69) is 0 Å². The van der Waals surface area contributed by atoms with Gasteiger partial charge in [-0.3, -0.25) is 9.59 Å². The first-order chi connectivity index (χ1) is 9.68. The molecule has 1 saturated heterocycles. The van der Waals surface area contributed by atoms with Gasteiger partial charge in [-0.15, -0.1) is 0 Å². The SMILES string of the molecule is CN1C(=O)Cc2ccccc2C1C(=O)N1CCCCC1. The molecule has 0 aromatic heterocycles. The summed E-state index contributed by atoms with van der Waals surface area (Å²) in [5, 5.41) is 0. The van der Waals surface area contributed by atoms with Crippen molar-refractivity contribution in [1.82, 2.24) is 9.80 Å². The average Bonchev–Trinajstić information content (AvgIpc) is 2.49. The van der Waals surface area contributed by atoms with E-state index in [1.807, 2.05) is 29.2 Å². The molecule has 1 aromatic carbocycles. The van der Waals surface area contributed by atoms with Crippen LogP contribution >= 0.6 is 0 Å². The number of benzene rings is 1. The van der Waals surface area contributed by atoms with Crippen molar-refractivity contribution in [2.45, 2.75) is 31.7 Å². The fourth-order valence-electron chi connectivity index (χ4n) is 3.19. The molecule has 20 heavy (non-hydrogen) atoms. The van der Waals surface area contributed by atoms with Crippen molar-refractivity contribution < 1.29 is 9.59 Å². The largest absolute Gasteiger partial charge is 0.341 e. The first kappa shape index (κ1) is 13.2. The highest BCUT2D eigenvalue weighted by Gasteiger charge is 2.37. The summed E-state index contributed by atoms with van der Waals surface area (Å²) in [5.41, 5.74) is 1.98. The van der Waals surface area contributed by atoms with E-state index in [1.54, 1.807) is 11.9 Å². The minimum atomic E-state index is -0.439. The Morgan fingerprint density at radius 2 is 1.85 bits per heavy atom. The van der Waals surface area contributed by atoms with Gasteiger partial charge in [0.2, 0.25) is 11.8 Å². The van der Waals surface area contributed by atoms with Crippen molar-refractivity contribution in [1.29, 1.82) is 0 Å². The summed E-state index contributed by atoms with van der Waals surface area (Å²) in [6.07, 6.45) is 3.73. The Morgan fingerprint density at radius 1 is 1.15 bits per heavy atom. The van der Waals surface area contributed by atoms with Crippen molar-refractivity contribution in [3.8, 4) is 0 Å². The second-order valence-electron chi connectivity index (χ2n) is 5.67. The molecule has 2 aliphatic heterocycles. The normalized spacial score (nSPS) is 22.6. The first-order valence-corrected chi connectivity index (χ1v) is 7.31. The molecule has 2 amide bonds. The minimum absolute atomic E-state index is 0.0269. The highest BCUT2D eigenvalue weighted by molar-refractivity contribution is 5.92. The van der Waals surface area contributed by atoms with E-state index in [-0.39, 0.29) is 11.8 Å². The van der Waals surface area contributed by atoms with Crippen LogP contribution in [0, 0.1) is 0 Å². The molecule has 2 aliphatic rings. The molecule has 0 aliphatic carbocycles. The smallest absolute Gasteiger partial charge is 0.250 e. The maximum atomic E-state index is 12.8. The molecule has 0 N–H and O–H groups in total. The van der Waals surface area contributed by atoms with Crippen LogP contribution in [0.25, 0.3) is 0 Å². The summed E-state index contributed by atoms with van der Waals surface area (Å²) in [4.78, 5) is 28.4. The third kappa shape index (κ3) is 2.19. The van der Waals surface area contributed by atoms with Crippen LogP contribution in [0.3, 0.4) is 0 Å². The Bertz CT molecular complexity index is 535. The van der Waals surface area contributed by atoms with Gasteiger partial charge < -0.3 is 9.80 Å². The molecular weight excluding hydrogens is 252 g/mol. The number of hydrogen-bond acceptors (Lipinski definition) is 2. The van der Waals surface area contributed by atoms with Crippen LogP contribution in [0.2, 0.25) is 0 Å². The number of likely N-dealkylation sites (N-methyl/N-ethyl adjacent to an activating group) is 1. The predicted octanol–water partition coefficient (Wildman–Crippen LogP) is 1.75. The van der Waals surface area contributed by atoms with Crippen LogP contribution in [-0.4, -0.2) is 41.8 Å². The summed E-state index contributed by atoms with van der Waals surface area (Å²) >= 11 is 0. The molecule has 0 bridgehead atoms. The molecule has 4 nitrogen and oxygen atoms in total. The summed E-state index contributed by atoms with van der Waals surface area (Å²) in [7, 11) is 1.74. The fraction of sp³-hybridized carbons (Fsp3) is 0.500. The quantitative estimate of drug-likeness (QED) is 0.781. The van der Waals surface area contributed by atoms with Gasteiger partial charge in [-0.2, -0.15) is 0 Å². The van der Waals surface area contributed by atoms with Gasteiger partial charge in [-0.1, -0.05) is 24.3 Å². The highest BCUT2D eigenvalue weighted by Crippen LogP contribution is 2.31. The van der Waals surface area contributed by atoms with E-state index in [1.165, 1.54) is 6.42 Å². The summed E-state index contributed by atoms with van der Waals surface area (Å²) in [6.45, 7) is 1.64. The summed E-state index contributed by atoms with van der Waals surface area (Å²) in [5.74, 6) is 0.103. The lowest BCUT2D eigenvalue weighted by Gasteiger charge is -2.38. The van der Waals surface area contributed by atoms with E-state index < -0.39 is 6.04 Å². The molecule has 1 atom stereocenters. The van der Waals surface area contributed by atoms with E-state index in [9.17, 15) is 9.59 Å². The Morgan fingerprint density at radius 3 is 2.60 bits per heavy atom. The van der Waals surface area contributed by atoms with E-state index in [4.69, 9.17) is 0 Å². The molecule has 2 heterocycles. The lowest BCUT2D eigenvalue weighted by atomic mass is 9.91. The third-order valence-electron chi connectivity index (χ3n) is 4.37. The van der Waals surface area contributed by atoms with Crippen LogP contribution in [0.1, 0.15) is 36.4 Å². The van der Waals surface area contributed by atoms with Gasteiger partial charge in [0.05, 0.1) is 6.42 Å². The number of nitrogens with zero attached hydrogens (tertiary/aromatic N) is 2. The van der Waals surface area contributed by atoms with Gasteiger partial charge >= 0.3 is 0 Å². The molecule has 1 aromatic rings. The third-order valence-corrected chi connectivity index (χ3v) is 4.37. The zero-order valence-electron chi connectivity index (χ0n) is 11.8. The van der Waals surface area contributed by atoms with Gasteiger partial charge in [0.1, 0.15) is 6.04 Å². The molecular formula is C16H20N2O2. The second-order valence-corrected chi connectivity index (χ2v) is 5.67. The van der Waals surface area contributed by atoms with Crippen LogP contribution in [0.4, 0.5) is 0 Å². The zero-order valence-corrected chi connectivity index (χ0v) is 11.8. The average molecular weight is 272 g/mol. The van der Waals surface area contributed by atoms with Crippen molar-refractivity contribution in [3.63, 3.8) is 0 Å². The number of carbonyl (C=O) groups is 2. The summed E-state index contributed by atoms with van der Waals surface area (Å²) in [6, 6.07) is 7.37. The number of hydrogen-bond donors (Lipinski definition) is 0. The topological polar surface area (TPSA) is 40.6 Å². The standard InChI is InChI=1S/C16H20N2O2/c1-17-14(19)11-12-7-3-4-8-13(12)15(17)16(20)18-9-5-2-6-10-18/h3-4,7-8,15H,2,5-6,9-11H2,1H3. The maximum Gasteiger partial charge on any atom is 0.250 e. The maximum absolute atomic E-state index is 12.8. The van der Waals surface area contributed by atoms with E-state index >= 15 is 0 Å². The van der Waals surface area contributed by atoms with Crippen molar-refractivity contribution >= 4 is 11.8 Å². The minimum Gasteiger partial charge on any atom is -0.341 e. The van der Waals surface area contributed by atoms with Crippen LogP contribution in [0.5, 0.6) is 0 Å². The molecule has 1 fully saturated rings. The predicted molar refractivity (Wildman–Crippen MR) is 76.1 cm³/mol. The Kier molecular flexibility index (Phi) is 3.47. The fourth-order valence-corrected chi connectivity index (χ4v) is 3.19. The lowest BCUT2D eigenvalue weighted by molar-refractivity contribution is -0.146. The Hall–Kier alpha value is -1.84. The Labute approximate surface area is 119 Å². The number of piperidine rings is 1. The second kappa shape index (κ2) is 5.27. The van der Waals surface area contributed by atoms with Crippen LogP contribution in [0.15, 0.2) is 24.3 Å². The number of likely N-dealkylation sites (tertiary alicyclic amines) is 1. The molecule has 106 valence electrons. The van der Waals surface area contributed by atoms with Gasteiger partial charge in [0.25, 0.3) is 0 Å². The first-order valence-electron chi connectivity index (χ1n) is 7.31. The number of rotatable bonds is 1. The van der Waals surface area contributed by atoms with E-state index in [0.29, 0.717) is 6.42 Å². The zero-order chi connectivity index (χ0) is 14.1. The highest BCUT2D eigenvalue weighted by atomic mass is 16.2. The van der Waals surface area contributed by atoms with E-state index in [0.717, 1.165) is 37.1 Å². The van der Waals surface area contributed by atoms with Crippen LogP contribution in [-0.2, 0) is 16.0 Å². The van der Waals surface area contributed by atoms with Gasteiger partial charge in [-0.05, 0) is 30.4 Å². The molecule has 4 heteroatoms. The molecule has 0 spiro atoms. The van der Waals surface area contributed by atoms with Gasteiger partial charge in [-0.25, -0.2) is 0 Å². The van der Waals surface area contributed by atoms with Crippen LogP contribution < -0.4 is 0 Å². The molecule has 0 radical (unpaired) electrons. The number of fused-ring (bicyclic) bond motifs is 1. The lowest BCUT2D eigenvalue weighted by Crippen LogP contribution is -2.48. The molecule has 1 unspecified atom stereocenters. The molecule has 3 rings (SSSR count). The van der Waals surface area contributed by atoms with Gasteiger partial charge in [0, 0.05) is 20.1 Å². The number of carbonyl (C=O) groups excluding carboxylic acids is 2.